The average molecular weight is 406 g/mol. The lowest BCUT2D eigenvalue weighted by Crippen LogP contribution is -2.45. The van der Waals surface area contributed by atoms with Crippen molar-refractivity contribution in [1.29, 1.82) is 0 Å². The highest BCUT2D eigenvalue weighted by Gasteiger charge is 2.23. The van der Waals surface area contributed by atoms with Gasteiger partial charge in [0.15, 0.2) is 5.78 Å². The molecule has 0 aliphatic carbocycles. The summed E-state index contributed by atoms with van der Waals surface area (Å²) in [5, 5.41) is 3.05. The zero-order valence-corrected chi connectivity index (χ0v) is 16.4. The van der Waals surface area contributed by atoms with E-state index in [0.29, 0.717) is 30.8 Å². The number of nitrogens with one attached hydrogen (secondary N) is 2. The van der Waals surface area contributed by atoms with Gasteiger partial charge >= 0.3 is 0 Å². The van der Waals surface area contributed by atoms with E-state index in [9.17, 15) is 17.6 Å². The number of halogens is 1. The Bertz CT molecular complexity index is 942. The number of sulfonamides is 1. The normalized spacial score (nSPS) is 17.4. The van der Waals surface area contributed by atoms with Gasteiger partial charge in [-0.1, -0.05) is 30.3 Å². The lowest BCUT2D eigenvalue weighted by molar-refractivity contribution is 0.0429. The van der Waals surface area contributed by atoms with Crippen LogP contribution in [0.4, 0.5) is 4.39 Å². The zero-order valence-electron chi connectivity index (χ0n) is 15.6. The molecule has 150 valence electrons. The van der Waals surface area contributed by atoms with Crippen LogP contribution in [0, 0.1) is 12.7 Å². The van der Waals surface area contributed by atoms with Crippen LogP contribution in [0.25, 0.3) is 11.1 Å². The van der Waals surface area contributed by atoms with Crippen molar-refractivity contribution in [2.75, 3.05) is 32.0 Å². The summed E-state index contributed by atoms with van der Waals surface area (Å²) >= 11 is 0. The first-order valence-corrected chi connectivity index (χ1v) is 10.7. The van der Waals surface area contributed by atoms with Gasteiger partial charge < -0.3 is 10.1 Å². The molecule has 3 rings (SSSR count). The van der Waals surface area contributed by atoms with E-state index in [1.165, 1.54) is 6.07 Å². The van der Waals surface area contributed by atoms with Gasteiger partial charge in [0.1, 0.15) is 5.82 Å². The van der Waals surface area contributed by atoms with Gasteiger partial charge in [-0.15, -0.1) is 0 Å². The maximum Gasteiger partial charge on any atom is 0.214 e. The lowest BCUT2D eigenvalue weighted by Gasteiger charge is -2.23. The largest absolute Gasteiger partial charge is 0.374 e. The second-order valence-corrected chi connectivity index (χ2v) is 8.59. The van der Waals surface area contributed by atoms with Crippen LogP contribution in [0.5, 0.6) is 0 Å². The number of morpholine rings is 1. The molecule has 28 heavy (non-hydrogen) atoms. The third-order valence-corrected chi connectivity index (χ3v) is 5.92. The summed E-state index contributed by atoms with van der Waals surface area (Å²) in [5.74, 6) is -1.51. The fourth-order valence-electron chi connectivity index (χ4n) is 3.07. The number of Topliss-reactive ketones (excluding diaryl/α,β-unsaturated/α-hetero) is 1. The molecule has 2 aromatic rings. The first-order valence-electron chi connectivity index (χ1n) is 9.04. The molecule has 6 nitrogen and oxygen atoms in total. The van der Waals surface area contributed by atoms with Gasteiger partial charge in [-0.3, -0.25) is 4.79 Å². The Labute approximate surface area is 164 Å². The van der Waals surface area contributed by atoms with Crippen molar-refractivity contribution in [2.45, 2.75) is 13.0 Å². The van der Waals surface area contributed by atoms with Crippen LogP contribution in [-0.4, -0.2) is 52.3 Å². The monoisotopic (exact) mass is 406 g/mol. The topological polar surface area (TPSA) is 84.5 Å². The number of carbonyl (C=O) groups excluding carboxylic acids is 1. The Morgan fingerprint density at radius 2 is 2.00 bits per heavy atom. The maximum absolute atomic E-state index is 14.5. The van der Waals surface area contributed by atoms with E-state index in [0.717, 1.165) is 5.56 Å². The Morgan fingerprint density at radius 3 is 2.68 bits per heavy atom. The molecule has 2 N–H and O–H groups in total. The van der Waals surface area contributed by atoms with Crippen molar-refractivity contribution in [1.82, 2.24) is 10.0 Å². The molecule has 0 bridgehead atoms. The Kier molecular flexibility index (Phi) is 6.56. The van der Waals surface area contributed by atoms with Gasteiger partial charge in [0.05, 0.1) is 30.6 Å². The highest BCUT2D eigenvalue weighted by Crippen LogP contribution is 2.25. The molecular formula is C20H23FN2O4S. The number of aryl methyl sites for hydroxylation is 1. The third-order valence-electron chi connectivity index (χ3n) is 4.52. The molecule has 1 saturated heterocycles. The second-order valence-electron chi connectivity index (χ2n) is 6.74. The van der Waals surface area contributed by atoms with E-state index >= 15 is 0 Å². The van der Waals surface area contributed by atoms with Gasteiger partial charge in [-0.2, -0.15) is 0 Å². The summed E-state index contributed by atoms with van der Waals surface area (Å²) in [6, 6.07) is 12.4. The summed E-state index contributed by atoms with van der Waals surface area (Å²) in [4.78, 5) is 12.5. The quantitative estimate of drug-likeness (QED) is 0.686. The number of ketones is 1. The first-order chi connectivity index (χ1) is 13.4. The number of hydrogen-bond donors (Lipinski definition) is 2. The van der Waals surface area contributed by atoms with Crippen LogP contribution in [0.1, 0.15) is 15.9 Å². The molecule has 0 spiro atoms. The SMILES string of the molecule is Cc1cc(-c2ccccc2)cc(C(=O)CNS(=O)(=O)CC2CNCCO2)c1F. The minimum atomic E-state index is -3.73. The zero-order chi connectivity index (χ0) is 20.1. The van der Waals surface area contributed by atoms with Gasteiger partial charge in [0.25, 0.3) is 0 Å². The van der Waals surface area contributed by atoms with E-state index in [1.54, 1.807) is 13.0 Å². The summed E-state index contributed by atoms with van der Waals surface area (Å²) < 4.78 is 46.6. The van der Waals surface area contributed by atoms with Crippen LogP contribution >= 0.6 is 0 Å². The fourth-order valence-corrected chi connectivity index (χ4v) is 4.24. The van der Waals surface area contributed by atoms with Crippen molar-refractivity contribution in [3.63, 3.8) is 0 Å². The average Bonchev–Trinajstić information content (AvgIpc) is 2.69. The summed E-state index contributed by atoms with van der Waals surface area (Å²) in [7, 11) is -3.73. The first kappa shape index (κ1) is 20.6. The Balaban J connectivity index is 1.72. The number of hydrogen-bond acceptors (Lipinski definition) is 5. The van der Waals surface area contributed by atoms with Gasteiger partial charge in [0, 0.05) is 13.1 Å². The van der Waals surface area contributed by atoms with Crippen molar-refractivity contribution in [3.8, 4) is 11.1 Å². The predicted octanol–water partition coefficient (Wildman–Crippen LogP) is 1.89. The molecule has 1 aliphatic heterocycles. The molecule has 1 fully saturated rings. The highest BCUT2D eigenvalue weighted by atomic mass is 32.2. The smallest absolute Gasteiger partial charge is 0.214 e. The number of benzene rings is 2. The van der Waals surface area contributed by atoms with Gasteiger partial charge in [-0.05, 0) is 35.7 Å². The summed E-state index contributed by atoms with van der Waals surface area (Å²) in [5.41, 5.74) is 1.75. The lowest BCUT2D eigenvalue weighted by atomic mass is 9.98. The molecule has 1 unspecified atom stereocenters. The summed E-state index contributed by atoms with van der Waals surface area (Å²) in [6.07, 6.45) is -0.471. The molecule has 0 radical (unpaired) electrons. The van der Waals surface area contributed by atoms with Crippen molar-refractivity contribution >= 4 is 15.8 Å². The van der Waals surface area contributed by atoms with Gasteiger partial charge in [0.2, 0.25) is 10.0 Å². The second kappa shape index (κ2) is 8.91. The number of rotatable bonds is 7. The van der Waals surface area contributed by atoms with E-state index in [2.05, 4.69) is 10.0 Å². The van der Waals surface area contributed by atoms with Crippen molar-refractivity contribution in [3.05, 3.63) is 59.4 Å². The minimum absolute atomic E-state index is 0.128. The van der Waals surface area contributed by atoms with E-state index in [1.807, 2.05) is 30.3 Å². The van der Waals surface area contributed by atoms with Crippen LogP contribution in [0.15, 0.2) is 42.5 Å². The van der Waals surface area contributed by atoms with E-state index in [-0.39, 0.29) is 11.3 Å². The van der Waals surface area contributed by atoms with Crippen molar-refractivity contribution < 1.29 is 22.3 Å². The van der Waals surface area contributed by atoms with E-state index in [4.69, 9.17) is 4.74 Å². The molecule has 2 aromatic carbocycles. The molecule has 1 aliphatic rings. The molecule has 8 heteroatoms. The fraction of sp³-hybridized carbons (Fsp3) is 0.350. The molecule has 1 heterocycles. The number of carbonyl (C=O) groups is 1. The minimum Gasteiger partial charge on any atom is -0.374 e. The molecule has 1 atom stereocenters. The molecule has 0 aromatic heterocycles. The van der Waals surface area contributed by atoms with Crippen LogP contribution < -0.4 is 10.0 Å². The van der Waals surface area contributed by atoms with Gasteiger partial charge in [-0.25, -0.2) is 17.5 Å². The highest BCUT2D eigenvalue weighted by molar-refractivity contribution is 7.89. The molecule has 0 saturated carbocycles. The van der Waals surface area contributed by atoms with Crippen molar-refractivity contribution in [2.24, 2.45) is 0 Å². The standard InChI is InChI=1S/C20H23FN2O4S/c1-14-9-16(15-5-3-2-4-6-15)10-18(20(14)21)19(24)12-23-28(25,26)13-17-11-22-7-8-27-17/h2-6,9-10,17,22-23H,7-8,11-13H2,1H3. The number of ether oxygens (including phenoxy) is 1. The van der Waals surface area contributed by atoms with Crippen LogP contribution in [0.3, 0.4) is 0 Å². The maximum atomic E-state index is 14.5. The Morgan fingerprint density at radius 1 is 1.25 bits per heavy atom. The summed E-state index contributed by atoms with van der Waals surface area (Å²) in [6.45, 7) is 2.63. The van der Waals surface area contributed by atoms with E-state index < -0.39 is 34.3 Å². The third kappa shape index (κ3) is 5.23. The van der Waals surface area contributed by atoms with Crippen LogP contribution in [-0.2, 0) is 14.8 Å². The Hall–Kier alpha value is -2.13. The van der Waals surface area contributed by atoms with Crippen LogP contribution in [0.2, 0.25) is 0 Å². The molecule has 0 amide bonds. The predicted molar refractivity (Wildman–Crippen MR) is 105 cm³/mol. The molecular weight excluding hydrogens is 383 g/mol.